The van der Waals surface area contributed by atoms with E-state index in [9.17, 15) is 4.79 Å². The number of anilines is 1. The van der Waals surface area contributed by atoms with Crippen molar-refractivity contribution >= 4 is 33.0 Å². The minimum atomic E-state index is 0.614. The van der Waals surface area contributed by atoms with Gasteiger partial charge in [-0.25, -0.2) is 4.98 Å². The molecule has 5 heteroatoms. The van der Waals surface area contributed by atoms with Crippen LogP contribution in [0.5, 0.6) is 0 Å². The van der Waals surface area contributed by atoms with Gasteiger partial charge < -0.3 is 4.90 Å². The summed E-state index contributed by atoms with van der Waals surface area (Å²) in [5.41, 5.74) is 1.62. The molecule has 1 aromatic carbocycles. The summed E-state index contributed by atoms with van der Waals surface area (Å²) in [4.78, 5) is 20.3. The number of hydrogen-bond donors (Lipinski definition) is 0. The van der Waals surface area contributed by atoms with Gasteiger partial charge in [0.15, 0.2) is 5.13 Å². The first kappa shape index (κ1) is 13.5. The molecule has 0 radical (unpaired) electrons. The summed E-state index contributed by atoms with van der Waals surface area (Å²) in [6, 6.07) is 6.33. The van der Waals surface area contributed by atoms with E-state index in [4.69, 9.17) is 0 Å². The molecule has 0 amide bonds. The Balaban J connectivity index is 1.79. The van der Waals surface area contributed by atoms with E-state index in [0.717, 1.165) is 47.8 Å². The van der Waals surface area contributed by atoms with E-state index in [1.54, 1.807) is 11.3 Å². The maximum atomic E-state index is 10.8. The van der Waals surface area contributed by atoms with Crippen LogP contribution in [0.3, 0.4) is 0 Å². The number of hydrogen-bond acceptors (Lipinski definition) is 5. The average Bonchev–Trinajstić information content (AvgIpc) is 2.90. The van der Waals surface area contributed by atoms with Crippen LogP contribution in [0.15, 0.2) is 18.2 Å². The number of carbonyl (C=O) groups is 1. The van der Waals surface area contributed by atoms with Gasteiger partial charge in [0, 0.05) is 37.8 Å². The van der Waals surface area contributed by atoms with Crippen molar-refractivity contribution in [1.82, 2.24) is 9.88 Å². The van der Waals surface area contributed by atoms with Gasteiger partial charge in [0.25, 0.3) is 0 Å². The highest BCUT2D eigenvalue weighted by Crippen LogP contribution is 2.29. The van der Waals surface area contributed by atoms with Crippen LogP contribution in [0.25, 0.3) is 10.2 Å². The zero-order valence-corrected chi connectivity index (χ0v) is 12.7. The Morgan fingerprint density at radius 1 is 1.25 bits per heavy atom. The second-order valence-electron chi connectivity index (χ2n) is 5.46. The standard InChI is InChI=1S/C15H19N3OS/c1-11(2)17-5-7-18(8-6-17)15-16-13-9-12(10-19)3-4-14(13)20-15/h3-4,9-11H,5-8H2,1-2H3. The van der Waals surface area contributed by atoms with E-state index in [0.29, 0.717) is 11.6 Å². The number of piperazine rings is 1. The molecule has 0 bridgehead atoms. The maximum absolute atomic E-state index is 10.8. The lowest BCUT2D eigenvalue weighted by atomic mass is 10.2. The van der Waals surface area contributed by atoms with E-state index in [1.165, 1.54) is 0 Å². The molecule has 1 aliphatic heterocycles. The lowest BCUT2D eigenvalue weighted by molar-refractivity contribution is 0.112. The fraction of sp³-hybridized carbons (Fsp3) is 0.467. The van der Waals surface area contributed by atoms with Gasteiger partial charge in [0.1, 0.15) is 6.29 Å². The van der Waals surface area contributed by atoms with Crippen LogP contribution in [0, 0.1) is 0 Å². The number of aromatic nitrogens is 1. The predicted molar refractivity (Wildman–Crippen MR) is 83.9 cm³/mol. The average molecular weight is 289 g/mol. The highest BCUT2D eigenvalue weighted by atomic mass is 32.1. The minimum Gasteiger partial charge on any atom is -0.345 e. The molecule has 2 heterocycles. The Hall–Kier alpha value is -1.46. The predicted octanol–water partition coefficient (Wildman–Crippen LogP) is 2.64. The quantitative estimate of drug-likeness (QED) is 0.814. The lowest BCUT2D eigenvalue weighted by Crippen LogP contribution is -2.48. The van der Waals surface area contributed by atoms with E-state index >= 15 is 0 Å². The Morgan fingerprint density at radius 2 is 2.00 bits per heavy atom. The SMILES string of the molecule is CC(C)N1CCN(c2nc3cc(C=O)ccc3s2)CC1. The second-order valence-corrected chi connectivity index (χ2v) is 6.47. The summed E-state index contributed by atoms with van der Waals surface area (Å²) < 4.78 is 1.15. The van der Waals surface area contributed by atoms with Crippen molar-refractivity contribution in [2.75, 3.05) is 31.1 Å². The van der Waals surface area contributed by atoms with Gasteiger partial charge in [0.2, 0.25) is 0 Å². The summed E-state index contributed by atoms with van der Waals surface area (Å²) in [5, 5.41) is 1.08. The molecule has 1 fully saturated rings. The Bertz CT molecular complexity index is 615. The number of nitrogens with zero attached hydrogens (tertiary/aromatic N) is 3. The van der Waals surface area contributed by atoms with Crippen molar-refractivity contribution in [2.45, 2.75) is 19.9 Å². The van der Waals surface area contributed by atoms with Crippen molar-refractivity contribution in [3.05, 3.63) is 23.8 Å². The first-order valence-electron chi connectivity index (χ1n) is 7.02. The maximum Gasteiger partial charge on any atom is 0.186 e. The molecule has 0 N–H and O–H groups in total. The number of benzene rings is 1. The van der Waals surface area contributed by atoms with Crippen LogP contribution in [0.2, 0.25) is 0 Å². The number of rotatable bonds is 3. The van der Waals surface area contributed by atoms with Gasteiger partial charge in [0.05, 0.1) is 10.2 Å². The monoisotopic (exact) mass is 289 g/mol. The molecule has 0 atom stereocenters. The summed E-state index contributed by atoms with van der Waals surface area (Å²) in [7, 11) is 0. The second kappa shape index (κ2) is 5.50. The van der Waals surface area contributed by atoms with Gasteiger partial charge in [-0.15, -0.1) is 0 Å². The molecule has 0 saturated carbocycles. The fourth-order valence-corrected chi connectivity index (χ4v) is 3.57. The number of aldehydes is 1. The van der Waals surface area contributed by atoms with Crippen LogP contribution in [0.1, 0.15) is 24.2 Å². The van der Waals surface area contributed by atoms with Crippen molar-refractivity contribution in [1.29, 1.82) is 0 Å². The molecule has 0 unspecified atom stereocenters. The molecule has 0 aliphatic carbocycles. The van der Waals surface area contributed by atoms with Crippen LogP contribution in [-0.4, -0.2) is 48.4 Å². The molecule has 20 heavy (non-hydrogen) atoms. The third-order valence-corrected chi connectivity index (χ3v) is 4.95. The third-order valence-electron chi connectivity index (χ3n) is 3.85. The van der Waals surface area contributed by atoms with E-state index < -0.39 is 0 Å². The molecule has 1 aromatic heterocycles. The number of fused-ring (bicyclic) bond motifs is 1. The Morgan fingerprint density at radius 3 is 2.65 bits per heavy atom. The third kappa shape index (κ3) is 2.55. The van der Waals surface area contributed by atoms with Crippen LogP contribution in [-0.2, 0) is 0 Å². The van der Waals surface area contributed by atoms with Crippen LogP contribution >= 0.6 is 11.3 Å². The topological polar surface area (TPSA) is 36.4 Å². The van der Waals surface area contributed by atoms with Gasteiger partial charge in [-0.05, 0) is 26.0 Å². The van der Waals surface area contributed by atoms with Crippen LogP contribution < -0.4 is 4.90 Å². The molecular formula is C15H19N3OS. The summed E-state index contributed by atoms with van der Waals surface area (Å²) in [6.07, 6.45) is 0.875. The van der Waals surface area contributed by atoms with Crippen molar-refractivity contribution in [3.63, 3.8) is 0 Å². The first-order chi connectivity index (χ1) is 9.67. The normalized spacial score (nSPS) is 17.1. The molecule has 3 rings (SSSR count). The number of carbonyl (C=O) groups excluding carboxylic acids is 1. The number of thiazole rings is 1. The highest BCUT2D eigenvalue weighted by molar-refractivity contribution is 7.22. The zero-order valence-electron chi connectivity index (χ0n) is 11.9. The smallest absolute Gasteiger partial charge is 0.186 e. The molecule has 2 aromatic rings. The molecule has 4 nitrogen and oxygen atoms in total. The van der Waals surface area contributed by atoms with Crippen molar-refractivity contribution in [3.8, 4) is 0 Å². The van der Waals surface area contributed by atoms with Gasteiger partial charge in [-0.1, -0.05) is 17.4 Å². The molecule has 0 spiro atoms. The lowest BCUT2D eigenvalue weighted by Gasteiger charge is -2.36. The summed E-state index contributed by atoms with van der Waals surface area (Å²) in [5.74, 6) is 0. The Labute approximate surface area is 123 Å². The minimum absolute atomic E-state index is 0.614. The van der Waals surface area contributed by atoms with E-state index in [-0.39, 0.29) is 0 Å². The van der Waals surface area contributed by atoms with Gasteiger partial charge in [-0.2, -0.15) is 0 Å². The van der Waals surface area contributed by atoms with E-state index in [2.05, 4.69) is 28.6 Å². The zero-order chi connectivity index (χ0) is 14.1. The largest absolute Gasteiger partial charge is 0.345 e. The fourth-order valence-electron chi connectivity index (χ4n) is 2.57. The van der Waals surface area contributed by atoms with Crippen LogP contribution in [0.4, 0.5) is 5.13 Å². The van der Waals surface area contributed by atoms with Crippen molar-refractivity contribution in [2.24, 2.45) is 0 Å². The van der Waals surface area contributed by atoms with Crippen molar-refractivity contribution < 1.29 is 4.79 Å². The van der Waals surface area contributed by atoms with Gasteiger partial charge >= 0.3 is 0 Å². The van der Waals surface area contributed by atoms with E-state index in [1.807, 2.05) is 18.2 Å². The molecule has 106 valence electrons. The Kier molecular flexibility index (Phi) is 3.72. The molecule has 1 saturated heterocycles. The first-order valence-corrected chi connectivity index (χ1v) is 7.84. The molecule has 1 aliphatic rings. The summed E-state index contributed by atoms with van der Waals surface area (Å²) in [6.45, 7) is 8.72. The highest BCUT2D eigenvalue weighted by Gasteiger charge is 2.21. The molecular weight excluding hydrogens is 270 g/mol. The van der Waals surface area contributed by atoms with Gasteiger partial charge in [-0.3, -0.25) is 9.69 Å². The summed E-state index contributed by atoms with van der Waals surface area (Å²) >= 11 is 1.71.